The summed E-state index contributed by atoms with van der Waals surface area (Å²) in [5.41, 5.74) is 5.47. The van der Waals surface area contributed by atoms with Gasteiger partial charge in [0, 0.05) is 23.3 Å². The van der Waals surface area contributed by atoms with Gasteiger partial charge in [-0.2, -0.15) is 0 Å². The average Bonchev–Trinajstić information content (AvgIpc) is 2.90. The Kier molecular flexibility index (Phi) is 3.35. The predicted molar refractivity (Wildman–Crippen MR) is 76.2 cm³/mol. The van der Waals surface area contributed by atoms with Crippen LogP contribution in [0.4, 0.5) is 0 Å². The molecule has 2 aromatic heterocycles. The van der Waals surface area contributed by atoms with E-state index in [2.05, 4.69) is 0 Å². The molecule has 3 rings (SSSR count). The van der Waals surface area contributed by atoms with E-state index in [1.807, 2.05) is 6.07 Å². The fraction of sp³-hybridized carbons (Fsp3) is 0.200. The molecule has 0 fully saturated rings. The lowest BCUT2D eigenvalue weighted by atomic mass is 10.1. The monoisotopic (exact) mass is 287 g/mol. The highest BCUT2D eigenvalue weighted by Crippen LogP contribution is 2.34. The minimum Gasteiger partial charge on any atom is -0.486 e. The normalized spacial score (nSPS) is 11.0. The van der Waals surface area contributed by atoms with Gasteiger partial charge in [0.2, 0.25) is 11.7 Å². The van der Waals surface area contributed by atoms with Crippen LogP contribution in [-0.4, -0.2) is 12.5 Å². The summed E-state index contributed by atoms with van der Waals surface area (Å²) in [6.45, 7) is 0.274. The molecular weight excluding hydrogens is 274 g/mol. The van der Waals surface area contributed by atoms with Gasteiger partial charge in [0.05, 0.1) is 12.9 Å². The van der Waals surface area contributed by atoms with E-state index in [0.29, 0.717) is 23.3 Å². The molecule has 0 saturated heterocycles. The molecule has 6 heteroatoms. The van der Waals surface area contributed by atoms with E-state index < -0.39 is 5.63 Å². The van der Waals surface area contributed by atoms with E-state index in [9.17, 15) is 9.59 Å². The van der Waals surface area contributed by atoms with Crippen LogP contribution in [-0.2, 0) is 4.79 Å². The van der Waals surface area contributed by atoms with Gasteiger partial charge in [0.25, 0.3) is 0 Å². The smallest absolute Gasteiger partial charge is 0.336 e. The van der Waals surface area contributed by atoms with Gasteiger partial charge in [0.15, 0.2) is 11.2 Å². The van der Waals surface area contributed by atoms with Crippen LogP contribution in [0.5, 0.6) is 5.75 Å². The molecule has 0 radical (unpaired) electrons. The number of benzene rings is 1. The molecule has 21 heavy (non-hydrogen) atoms. The summed E-state index contributed by atoms with van der Waals surface area (Å²) in [5, 5.41) is 1.59. The first-order chi connectivity index (χ1) is 10.1. The van der Waals surface area contributed by atoms with Crippen molar-refractivity contribution in [2.75, 3.05) is 6.61 Å². The minimum atomic E-state index is -0.463. The molecule has 1 amide bonds. The number of hydrogen-bond donors (Lipinski definition) is 1. The number of amides is 1. The molecule has 0 saturated carbocycles. The zero-order valence-electron chi connectivity index (χ0n) is 11.1. The van der Waals surface area contributed by atoms with Crippen molar-refractivity contribution < 1.29 is 18.4 Å². The Hall–Kier alpha value is -2.76. The van der Waals surface area contributed by atoms with Crippen molar-refractivity contribution >= 4 is 27.8 Å². The second kappa shape index (κ2) is 5.32. The quantitative estimate of drug-likeness (QED) is 0.573. The van der Waals surface area contributed by atoms with E-state index >= 15 is 0 Å². The van der Waals surface area contributed by atoms with E-state index in [4.69, 9.17) is 19.3 Å². The second-order valence-corrected chi connectivity index (χ2v) is 4.64. The van der Waals surface area contributed by atoms with Gasteiger partial charge >= 0.3 is 5.63 Å². The van der Waals surface area contributed by atoms with Gasteiger partial charge < -0.3 is 19.3 Å². The maximum atomic E-state index is 11.4. The Balaban J connectivity index is 2.03. The minimum absolute atomic E-state index is 0.232. The van der Waals surface area contributed by atoms with Crippen molar-refractivity contribution in [3.63, 3.8) is 0 Å². The van der Waals surface area contributed by atoms with Crippen molar-refractivity contribution in [1.82, 2.24) is 0 Å². The van der Waals surface area contributed by atoms with Crippen LogP contribution in [0, 0.1) is 0 Å². The summed E-state index contributed by atoms with van der Waals surface area (Å²) < 4.78 is 16.3. The van der Waals surface area contributed by atoms with Crippen molar-refractivity contribution in [2.24, 2.45) is 5.73 Å². The van der Waals surface area contributed by atoms with Crippen molar-refractivity contribution in [2.45, 2.75) is 12.8 Å². The van der Waals surface area contributed by atoms with Crippen molar-refractivity contribution in [3.8, 4) is 5.75 Å². The Labute approximate surface area is 119 Å². The molecule has 1 aromatic carbocycles. The highest BCUT2D eigenvalue weighted by molar-refractivity contribution is 5.99. The molecule has 0 aliphatic carbocycles. The van der Waals surface area contributed by atoms with Crippen LogP contribution in [0.2, 0.25) is 0 Å². The predicted octanol–water partition coefficient (Wildman–Crippen LogP) is 2.18. The number of nitrogens with two attached hydrogens (primary N) is 1. The Morgan fingerprint density at radius 3 is 2.81 bits per heavy atom. The van der Waals surface area contributed by atoms with Crippen LogP contribution in [0.15, 0.2) is 44.2 Å². The first kappa shape index (κ1) is 13.2. The van der Waals surface area contributed by atoms with E-state index in [0.717, 1.165) is 10.8 Å². The molecule has 2 N–H and O–H groups in total. The zero-order chi connectivity index (χ0) is 14.8. The van der Waals surface area contributed by atoms with Crippen LogP contribution < -0.4 is 16.1 Å². The fourth-order valence-corrected chi connectivity index (χ4v) is 2.16. The highest BCUT2D eigenvalue weighted by atomic mass is 16.5. The molecule has 0 spiro atoms. The molecule has 3 aromatic rings. The van der Waals surface area contributed by atoms with Crippen LogP contribution in [0.1, 0.15) is 12.8 Å². The van der Waals surface area contributed by atoms with Crippen LogP contribution in [0.3, 0.4) is 0 Å². The second-order valence-electron chi connectivity index (χ2n) is 4.64. The van der Waals surface area contributed by atoms with Gasteiger partial charge in [-0.25, -0.2) is 4.79 Å². The standard InChI is InChI=1S/C15H13NO5/c16-11(17)2-1-6-19-15-13-10(5-7-20-13)8-9-3-4-12(18)21-14(9)15/h3-5,7-8H,1-2,6H2,(H2,16,17). The van der Waals surface area contributed by atoms with Gasteiger partial charge in [-0.05, 0) is 24.6 Å². The summed E-state index contributed by atoms with van der Waals surface area (Å²) >= 11 is 0. The van der Waals surface area contributed by atoms with Crippen LogP contribution >= 0.6 is 0 Å². The Morgan fingerprint density at radius 1 is 1.19 bits per heavy atom. The lowest BCUT2D eigenvalue weighted by Gasteiger charge is -2.08. The molecule has 0 bridgehead atoms. The largest absolute Gasteiger partial charge is 0.486 e. The number of primary amides is 1. The van der Waals surface area contributed by atoms with Crippen molar-refractivity contribution in [3.05, 3.63) is 40.9 Å². The Morgan fingerprint density at radius 2 is 2.00 bits per heavy atom. The highest BCUT2D eigenvalue weighted by Gasteiger charge is 2.14. The third kappa shape index (κ3) is 2.60. The van der Waals surface area contributed by atoms with Crippen LogP contribution in [0.25, 0.3) is 21.9 Å². The number of rotatable bonds is 5. The average molecular weight is 287 g/mol. The number of fused-ring (bicyclic) bond motifs is 2. The number of furan rings is 1. The van der Waals surface area contributed by atoms with Gasteiger partial charge in [-0.3, -0.25) is 4.79 Å². The van der Waals surface area contributed by atoms with Crippen molar-refractivity contribution in [1.29, 1.82) is 0 Å². The third-order valence-electron chi connectivity index (χ3n) is 3.10. The SMILES string of the molecule is NC(=O)CCCOc1c2occc2cc2ccc(=O)oc12. The topological polar surface area (TPSA) is 95.7 Å². The summed E-state index contributed by atoms with van der Waals surface area (Å²) in [5.74, 6) is -0.0131. The summed E-state index contributed by atoms with van der Waals surface area (Å²) in [6, 6.07) is 6.68. The molecule has 108 valence electrons. The maximum absolute atomic E-state index is 11.4. The van der Waals surface area contributed by atoms with Gasteiger partial charge in [-0.15, -0.1) is 0 Å². The summed E-state index contributed by atoms with van der Waals surface area (Å²) in [4.78, 5) is 22.1. The summed E-state index contributed by atoms with van der Waals surface area (Å²) in [6.07, 6.45) is 2.25. The molecule has 0 unspecified atom stereocenters. The molecule has 0 aliphatic rings. The van der Waals surface area contributed by atoms with E-state index in [1.54, 1.807) is 12.1 Å². The van der Waals surface area contributed by atoms with E-state index in [-0.39, 0.29) is 18.9 Å². The fourth-order valence-electron chi connectivity index (χ4n) is 2.16. The number of hydrogen-bond acceptors (Lipinski definition) is 5. The number of carbonyl (C=O) groups excluding carboxylic acids is 1. The number of carbonyl (C=O) groups is 1. The number of ether oxygens (including phenoxy) is 1. The molecular formula is C15H13NO5. The molecule has 0 atom stereocenters. The molecule has 2 heterocycles. The van der Waals surface area contributed by atoms with E-state index in [1.165, 1.54) is 12.3 Å². The van der Waals surface area contributed by atoms with Gasteiger partial charge in [-0.1, -0.05) is 0 Å². The summed E-state index contributed by atoms with van der Waals surface area (Å²) in [7, 11) is 0. The molecule has 0 aliphatic heterocycles. The first-order valence-electron chi connectivity index (χ1n) is 6.50. The zero-order valence-corrected chi connectivity index (χ0v) is 11.1. The lowest BCUT2D eigenvalue weighted by Crippen LogP contribution is -2.12. The molecule has 6 nitrogen and oxygen atoms in total. The lowest BCUT2D eigenvalue weighted by molar-refractivity contribution is -0.118. The third-order valence-corrected chi connectivity index (χ3v) is 3.10. The maximum Gasteiger partial charge on any atom is 0.336 e. The first-order valence-corrected chi connectivity index (χ1v) is 6.50. The van der Waals surface area contributed by atoms with Gasteiger partial charge in [0.1, 0.15) is 0 Å². The Bertz CT molecular complexity index is 861.